The van der Waals surface area contributed by atoms with Crippen LogP contribution in [0.4, 0.5) is 23.8 Å². The van der Waals surface area contributed by atoms with Crippen molar-refractivity contribution in [3.8, 4) is 11.6 Å². The number of amides is 4. The lowest BCUT2D eigenvalue weighted by molar-refractivity contribution is -0.197. The highest BCUT2D eigenvalue weighted by Crippen LogP contribution is 2.48. The third kappa shape index (κ3) is 9.55. The summed E-state index contributed by atoms with van der Waals surface area (Å²) in [6.45, 7) is 7.74. The molecule has 1 aromatic carbocycles. The Hall–Kier alpha value is -4.85. The van der Waals surface area contributed by atoms with Gasteiger partial charge in [-0.05, 0) is 93.9 Å². The maximum Gasteiger partial charge on any atom is 0.425 e. The largest absolute Gasteiger partial charge is 0.497 e. The number of ether oxygens (including phenoxy) is 4. The number of rotatable bonds is 9. The van der Waals surface area contributed by atoms with Crippen LogP contribution in [-0.2, 0) is 33.9 Å². The van der Waals surface area contributed by atoms with Gasteiger partial charge in [-0.25, -0.2) is 13.2 Å². The van der Waals surface area contributed by atoms with Gasteiger partial charge in [-0.2, -0.15) is 18.2 Å². The molecule has 3 aliphatic heterocycles. The van der Waals surface area contributed by atoms with Crippen molar-refractivity contribution in [3.63, 3.8) is 0 Å². The standard InChI is InChI=1S/C42H55F3N6O10S/c1-24-8-6-7-9-28-22-41(28,38(54)49-62(56,57)40(4)12-13-40)48-35(52)32-21-30(23-51(32)37(53)34(25(2)18-24)47-39(55)60-26(3)42(43,44)45)61-36-31-11-10-29(58-5)19-27(31)20-33(46-36)50-14-16-59-17-15-50/h7,9-11,19-20,24-26,28,30,32,34H,6,8,12-18,21-23H2,1-5H3,(H,47,55)(H,48,52)(H,49,54)/b9-7-/t24-,25-,26-,28-,30?,32+,34+,41-/m1/s1. The molecule has 2 aromatic rings. The molecule has 0 bridgehead atoms. The number of morpholine rings is 1. The van der Waals surface area contributed by atoms with Crippen molar-refractivity contribution >= 4 is 50.4 Å². The maximum atomic E-state index is 14.9. The van der Waals surface area contributed by atoms with Gasteiger partial charge < -0.3 is 39.4 Å². The van der Waals surface area contributed by atoms with E-state index >= 15 is 0 Å². The number of sulfonamides is 1. The molecule has 340 valence electrons. The monoisotopic (exact) mass is 892 g/mol. The molecule has 4 amide bonds. The summed E-state index contributed by atoms with van der Waals surface area (Å²) in [5, 5.41) is 6.56. The summed E-state index contributed by atoms with van der Waals surface area (Å²) in [5.74, 6) is -2.30. The summed E-state index contributed by atoms with van der Waals surface area (Å²) in [7, 11) is -2.55. The van der Waals surface area contributed by atoms with Gasteiger partial charge in [0.15, 0.2) is 6.10 Å². The predicted molar refractivity (Wildman–Crippen MR) is 220 cm³/mol. The molecule has 5 aliphatic rings. The number of benzene rings is 1. The highest BCUT2D eigenvalue weighted by Gasteiger charge is 2.63. The van der Waals surface area contributed by atoms with Crippen molar-refractivity contribution in [1.82, 2.24) is 25.2 Å². The Labute approximate surface area is 358 Å². The summed E-state index contributed by atoms with van der Waals surface area (Å²) >= 11 is 0. The van der Waals surface area contributed by atoms with Gasteiger partial charge in [-0.1, -0.05) is 26.0 Å². The van der Waals surface area contributed by atoms with E-state index in [1.165, 1.54) is 4.90 Å². The molecule has 16 nitrogen and oxygen atoms in total. The van der Waals surface area contributed by atoms with Crippen molar-refractivity contribution in [2.24, 2.45) is 17.8 Å². The van der Waals surface area contributed by atoms with Crippen molar-refractivity contribution in [2.75, 3.05) is 44.9 Å². The lowest BCUT2D eigenvalue weighted by Gasteiger charge is -2.33. The molecule has 20 heteroatoms. The number of anilines is 1. The number of halogens is 3. The minimum absolute atomic E-state index is 0.0411. The Bertz CT molecular complexity index is 2200. The van der Waals surface area contributed by atoms with Crippen LogP contribution in [0.3, 0.4) is 0 Å². The van der Waals surface area contributed by atoms with E-state index in [0.717, 1.165) is 5.39 Å². The minimum atomic E-state index is -4.86. The maximum absolute atomic E-state index is 14.9. The summed E-state index contributed by atoms with van der Waals surface area (Å²) in [4.78, 5) is 64.7. The number of methoxy groups -OCH3 is 1. The van der Waals surface area contributed by atoms with Crippen LogP contribution in [0.5, 0.6) is 11.6 Å². The van der Waals surface area contributed by atoms with Gasteiger partial charge in [0.05, 0.1) is 31.6 Å². The third-order valence-corrected chi connectivity index (χ3v) is 15.0. The minimum Gasteiger partial charge on any atom is -0.497 e. The van der Waals surface area contributed by atoms with Crippen LogP contribution < -0.4 is 29.7 Å². The first-order chi connectivity index (χ1) is 29.2. The zero-order valence-electron chi connectivity index (χ0n) is 35.5. The molecular formula is C42H55F3N6O10S. The van der Waals surface area contributed by atoms with E-state index in [-0.39, 0.29) is 31.2 Å². The summed E-state index contributed by atoms with van der Waals surface area (Å²) < 4.78 is 90.3. The molecule has 7 rings (SSSR count). The van der Waals surface area contributed by atoms with Crippen molar-refractivity contribution in [3.05, 3.63) is 36.4 Å². The fourth-order valence-corrected chi connectivity index (χ4v) is 9.82. The number of hydrogen-bond acceptors (Lipinski definition) is 12. The lowest BCUT2D eigenvalue weighted by Crippen LogP contribution is -2.59. The van der Waals surface area contributed by atoms with Crippen LogP contribution in [0.25, 0.3) is 10.8 Å². The number of fused-ring (bicyclic) bond motifs is 3. The lowest BCUT2D eigenvalue weighted by atomic mass is 9.88. The molecule has 2 saturated heterocycles. The first-order valence-electron chi connectivity index (χ1n) is 21.1. The van der Waals surface area contributed by atoms with Crippen LogP contribution in [0.2, 0.25) is 0 Å². The molecule has 4 fully saturated rings. The van der Waals surface area contributed by atoms with E-state index in [1.807, 2.05) is 30.0 Å². The van der Waals surface area contributed by atoms with E-state index < -0.39 is 86.4 Å². The smallest absolute Gasteiger partial charge is 0.425 e. The molecule has 0 radical (unpaired) electrons. The Morgan fingerprint density at radius 2 is 1.82 bits per heavy atom. The van der Waals surface area contributed by atoms with Crippen LogP contribution in [0, 0.1) is 17.8 Å². The van der Waals surface area contributed by atoms with Crippen LogP contribution in [0.1, 0.15) is 72.6 Å². The number of alkyl halides is 3. The highest BCUT2D eigenvalue weighted by atomic mass is 32.2. The van der Waals surface area contributed by atoms with E-state index in [9.17, 15) is 40.8 Å². The Morgan fingerprint density at radius 1 is 1.10 bits per heavy atom. The fourth-order valence-electron chi connectivity index (χ4n) is 8.50. The third-order valence-electron chi connectivity index (χ3n) is 12.9. The first kappa shape index (κ1) is 45.2. The molecule has 2 aliphatic carbocycles. The van der Waals surface area contributed by atoms with Crippen LogP contribution >= 0.6 is 0 Å². The average Bonchev–Trinajstić information content (AvgIpc) is 4.10. The normalized spacial score (nSPS) is 30.1. The average molecular weight is 893 g/mol. The molecule has 0 spiro atoms. The first-order valence-corrected chi connectivity index (χ1v) is 22.6. The van der Waals surface area contributed by atoms with Gasteiger partial charge in [0.25, 0.3) is 5.91 Å². The number of hydrogen-bond donors (Lipinski definition) is 3. The Balaban J connectivity index is 1.24. The Morgan fingerprint density at radius 3 is 2.50 bits per heavy atom. The number of alkyl carbamates (subject to hydrolysis) is 1. The number of pyridine rings is 1. The predicted octanol–water partition coefficient (Wildman–Crippen LogP) is 4.36. The van der Waals surface area contributed by atoms with Crippen molar-refractivity contribution < 1.29 is 59.7 Å². The number of carbonyl (C=O) groups excluding carboxylic acids is 4. The van der Waals surface area contributed by atoms with Gasteiger partial charge >= 0.3 is 12.3 Å². The fraction of sp³-hybridized carbons (Fsp3) is 0.643. The number of aromatic nitrogens is 1. The second-order valence-corrected chi connectivity index (χ2v) is 19.8. The van der Waals surface area contributed by atoms with E-state index in [1.54, 1.807) is 39.2 Å². The quantitative estimate of drug-likeness (QED) is 0.302. The second-order valence-electron chi connectivity index (χ2n) is 17.6. The molecule has 2 saturated carbocycles. The number of allylic oxidation sites excluding steroid dienone is 1. The zero-order valence-corrected chi connectivity index (χ0v) is 36.3. The molecular weight excluding hydrogens is 838 g/mol. The molecule has 1 aromatic heterocycles. The number of carbonyl (C=O) groups is 4. The van der Waals surface area contributed by atoms with E-state index in [0.29, 0.717) is 82.3 Å². The summed E-state index contributed by atoms with van der Waals surface area (Å²) in [5.41, 5.74) is -1.66. The molecule has 8 atom stereocenters. The molecule has 3 N–H and O–H groups in total. The van der Waals surface area contributed by atoms with Gasteiger partial charge in [-0.15, -0.1) is 0 Å². The van der Waals surface area contributed by atoms with Gasteiger partial charge in [0, 0.05) is 30.8 Å². The number of nitrogens with one attached hydrogen (secondary N) is 3. The highest BCUT2D eigenvalue weighted by molar-refractivity contribution is 7.91. The SMILES string of the molecule is COc1ccc2c(OC3C[C@H]4C(=O)N[C@]5(C(=O)NS(=O)(=O)C6(C)CC6)C[C@H]5/C=C\CC[C@@H](C)C[C@@H](C)[C@H](NC(=O)O[C@H](C)C(F)(F)F)C(=O)N4C3)nc(N3CCOCC3)cc2c1. The number of nitrogens with zero attached hydrogens (tertiary/aromatic N) is 3. The van der Waals surface area contributed by atoms with Gasteiger partial charge in [-0.3, -0.25) is 19.1 Å². The molecule has 1 unspecified atom stereocenters. The second kappa shape index (κ2) is 17.4. The zero-order chi connectivity index (χ0) is 44.8. The van der Waals surface area contributed by atoms with E-state index in [2.05, 4.69) is 20.1 Å². The van der Waals surface area contributed by atoms with Crippen molar-refractivity contribution in [2.45, 2.75) is 113 Å². The van der Waals surface area contributed by atoms with Crippen molar-refractivity contribution in [1.29, 1.82) is 0 Å². The summed E-state index contributed by atoms with van der Waals surface area (Å²) in [6, 6.07) is 4.48. The summed E-state index contributed by atoms with van der Waals surface area (Å²) in [6.07, 6.45) is -3.79. The van der Waals surface area contributed by atoms with Crippen LogP contribution in [-0.4, -0.2) is 123 Å². The molecule has 4 heterocycles. The topological polar surface area (TPSA) is 195 Å². The van der Waals surface area contributed by atoms with Gasteiger partial charge in [0.2, 0.25) is 27.7 Å². The van der Waals surface area contributed by atoms with Crippen LogP contribution in [0.15, 0.2) is 36.4 Å². The van der Waals surface area contributed by atoms with Gasteiger partial charge in [0.1, 0.15) is 35.3 Å². The Kier molecular flexibility index (Phi) is 12.7. The molecule has 62 heavy (non-hydrogen) atoms. The van der Waals surface area contributed by atoms with E-state index in [4.69, 9.17) is 19.2 Å².